The number of rotatable bonds is 5. The predicted molar refractivity (Wildman–Crippen MR) is 86.5 cm³/mol. The maximum absolute atomic E-state index is 9.29. The summed E-state index contributed by atoms with van der Waals surface area (Å²) in [7, 11) is 3.36. The molecule has 23 heavy (non-hydrogen) atoms. The van der Waals surface area contributed by atoms with Crippen LogP contribution in [0, 0.1) is 11.3 Å². The lowest BCUT2D eigenvalue weighted by Gasteiger charge is -2.36. The maximum Gasteiger partial charge on any atom is 0.233 e. The average Bonchev–Trinajstić information content (AvgIpc) is 2.57. The van der Waals surface area contributed by atoms with Crippen LogP contribution in [0.4, 0.5) is 11.5 Å². The van der Waals surface area contributed by atoms with Gasteiger partial charge in [-0.05, 0) is 18.9 Å². The highest BCUT2D eigenvalue weighted by atomic mass is 16.5. The van der Waals surface area contributed by atoms with Gasteiger partial charge in [-0.2, -0.15) is 5.26 Å². The summed E-state index contributed by atoms with van der Waals surface area (Å²) in [5, 5.41) is 15.7. The molecule has 0 atom stereocenters. The number of ether oxygens (including phenoxy) is 1. The van der Waals surface area contributed by atoms with E-state index in [0.717, 1.165) is 30.0 Å². The van der Waals surface area contributed by atoms with Gasteiger partial charge in [-0.15, -0.1) is 0 Å². The number of nitriles is 1. The molecular formula is C16H18N6O. The molecule has 0 aliphatic heterocycles. The number of nitrogens with zero attached hydrogens (tertiary/aromatic N) is 4. The van der Waals surface area contributed by atoms with Crippen LogP contribution in [0.5, 0.6) is 5.88 Å². The number of aromatic nitrogens is 3. The quantitative estimate of drug-likeness (QED) is 0.873. The first-order chi connectivity index (χ1) is 11.2. The van der Waals surface area contributed by atoms with Gasteiger partial charge in [0.1, 0.15) is 23.8 Å². The van der Waals surface area contributed by atoms with Gasteiger partial charge in [0, 0.05) is 37.0 Å². The van der Waals surface area contributed by atoms with Gasteiger partial charge < -0.3 is 15.4 Å². The highest BCUT2D eigenvalue weighted by Gasteiger charge is 2.32. The third kappa shape index (κ3) is 3.01. The Kier molecular flexibility index (Phi) is 4.24. The molecule has 7 heteroatoms. The number of hydrogen-bond acceptors (Lipinski definition) is 7. The molecule has 1 saturated carbocycles. The number of hydrogen-bond donors (Lipinski definition) is 2. The van der Waals surface area contributed by atoms with Crippen LogP contribution in [0.1, 0.15) is 30.0 Å². The number of anilines is 2. The monoisotopic (exact) mass is 310 g/mol. The lowest BCUT2D eigenvalue weighted by atomic mass is 9.78. The van der Waals surface area contributed by atoms with Crippen LogP contribution in [-0.2, 0) is 0 Å². The van der Waals surface area contributed by atoms with E-state index >= 15 is 0 Å². The number of methoxy groups -OCH3 is 1. The third-order valence-corrected chi connectivity index (χ3v) is 4.08. The smallest absolute Gasteiger partial charge is 0.233 e. The van der Waals surface area contributed by atoms with Crippen LogP contribution >= 0.6 is 0 Å². The molecule has 0 unspecified atom stereocenters. The summed E-state index contributed by atoms with van der Waals surface area (Å²) in [6, 6.07) is 6.25. The Hall–Kier alpha value is -2.88. The molecule has 0 saturated heterocycles. The van der Waals surface area contributed by atoms with Crippen LogP contribution < -0.4 is 15.4 Å². The van der Waals surface area contributed by atoms with E-state index in [2.05, 4.69) is 31.7 Å². The summed E-state index contributed by atoms with van der Waals surface area (Å²) in [6.07, 6.45) is 5.16. The van der Waals surface area contributed by atoms with E-state index in [1.807, 2.05) is 13.1 Å². The van der Waals surface area contributed by atoms with Gasteiger partial charge in [0.2, 0.25) is 5.88 Å². The highest BCUT2D eigenvalue weighted by Crippen LogP contribution is 2.38. The standard InChI is InChI=1S/C16H18N6O/c1-18-15-7-14(20-9-21-15)10-5-11(6-10)22-13-3-4-19-16(23-2)12(13)8-17/h3-4,7,9-11H,5-6H2,1-2H3,(H,19,22)(H,18,20,21). The second kappa shape index (κ2) is 6.48. The number of pyridine rings is 1. The molecule has 0 aromatic carbocycles. The largest absolute Gasteiger partial charge is 0.480 e. The summed E-state index contributed by atoms with van der Waals surface area (Å²) in [6.45, 7) is 0. The molecule has 1 aliphatic rings. The fraction of sp³-hybridized carbons (Fsp3) is 0.375. The molecule has 3 rings (SSSR count). The molecule has 118 valence electrons. The van der Waals surface area contributed by atoms with Crippen molar-refractivity contribution in [1.82, 2.24) is 15.0 Å². The SMILES string of the molecule is CNc1cc(C2CC(Nc3ccnc(OC)c3C#N)C2)ncn1. The van der Waals surface area contributed by atoms with Crippen molar-refractivity contribution in [2.24, 2.45) is 0 Å². The minimum absolute atomic E-state index is 0.312. The summed E-state index contributed by atoms with van der Waals surface area (Å²) < 4.78 is 5.13. The van der Waals surface area contributed by atoms with Crippen molar-refractivity contribution < 1.29 is 4.74 Å². The molecule has 2 N–H and O–H groups in total. The van der Waals surface area contributed by atoms with E-state index in [-0.39, 0.29) is 0 Å². The molecule has 0 radical (unpaired) electrons. The van der Waals surface area contributed by atoms with Crippen LogP contribution in [0.2, 0.25) is 0 Å². The normalized spacial score (nSPS) is 19.3. The summed E-state index contributed by atoms with van der Waals surface area (Å²) in [5.41, 5.74) is 2.26. The van der Waals surface area contributed by atoms with E-state index in [0.29, 0.717) is 23.4 Å². The number of nitrogens with one attached hydrogen (secondary N) is 2. The topological polar surface area (TPSA) is 95.8 Å². The fourth-order valence-corrected chi connectivity index (χ4v) is 2.76. The molecule has 0 bridgehead atoms. The zero-order valence-electron chi connectivity index (χ0n) is 13.1. The van der Waals surface area contributed by atoms with Crippen molar-refractivity contribution >= 4 is 11.5 Å². The van der Waals surface area contributed by atoms with Crippen molar-refractivity contribution in [2.75, 3.05) is 24.8 Å². The lowest BCUT2D eigenvalue weighted by molar-refractivity contribution is 0.366. The Morgan fingerprint density at radius 3 is 2.83 bits per heavy atom. The van der Waals surface area contributed by atoms with Crippen LogP contribution in [0.3, 0.4) is 0 Å². The van der Waals surface area contributed by atoms with Crippen LogP contribution in [0.25, 0.3) is 0 Å². The van der Waals surface area contributed by atoms with E-state index < -0.39 is 0 Å². The Bertz CT molecular complexity index is 736. The third-order valence-electron chi connectivity index (χ3n) is 4.08. The zero-order valence-corrected chi connectivity index (χ0v) is 13.1. The first-order valence-corrected chi connectivity index (χ1v) is 7.44. The second-order valence-electron chi connectivity index (χ2n) is 5.44. The lowest BCUT2D eigenvalue weighted by Crippen LogP contribution is -2.34. The molecule has 2 aromatic heterocycles. The van der Waals surface area contributed by atoms with Crippen molar-refractivity contribution in [3.05, 3.63) is 35.9 Å². The minimum Gasteiger partial charge on any atom is -0.480 e. The van der Waals surface area contributed by atoms with E-state index in [1.54, 1.807) is 18.6 Å². The van der Waals surface area contributed by atoms with Crippen molar-refractivity contribution in [3.63, 3.8) is 0 Å². The van der Waals surface area contributed by atoms with Gasteiger partial charge >= 0.3 is 0 Å². The molecular weight excluding hydrogens is 292 g/mol. The fourth-order valence-electron chi connectivity index (χ4n) is 2.76. The molecule has 0 spiro atoms. The molecule has 2 aromatic rings. The van der Waals surface area contributed by atoms with Crippen LogP contribution in [-0.4, -0.2) is 35.2 Å². The summed E-state index contributed by atoms with van der Waals surface area (Å²) in [5.74, 6) is 1.59. The van der Waals surface area contributed by atoms with E-state index in [4.69, 9.17) is 4.74 Å². The Labute approximate surface area is 134 Å². The van der Waals surface area contributed by atoms with Gasteiger partial charge in [0.25, 0.3) is 0 Å². The van der Waals surface area contributed by atoms with Crippen molar-refractivity contribution in [1.29, 1.82) is 5.26 Å². The van der Waals surface area contributed by atoms with Crippen molar-refractivity contribution in [3.8, 4) is 11.9 Å². The Morgan fingerprint density at radius 2 is 2.13 bits per heavy atom. The van der Waals surface area contributed by atoms with Crippen LogP contribution in [0.15, 0.2) is 24.7 Å². The van der Waals surface area contributed by atoms with E-state index in [1.165, 1.54) is 7.11 Å². The molecule has 0 amide bonds. The van der Waals surface area contributed by atoms with E-state index in [9.17, 15) is 5.26 Å². The average molecular weight is 310 g/mol. The zero-order chi connectivity index (χ0) is 16.2. The van der Waals surface area contributed by atoms with Crippen molar-refractivity contribution in [2.45, 2.75) is 24.8 Å². The highest BCUT2D eigenvalue weighted by molar-refractivity contribution is 5.61. The molecule has 7 nitrogen and oxygen atoms in total. The molecule has 1 aliphatic carbocycles. The summed E-state index contributed by atoms with van der Waals surface area (Å²) in [4.78, 5) is 12.5. The Morgan fingerprint density at radius 1 is 1.30 bits per heavy atom. The maximum atomic E-state index is 9.29. The summed E-state index contributed by atoms with van der Waals surface area (Å²) >= 11 is 0. The second-order valence-corrected chi connectivity index (χ2v) is 5.44. The van der Waals surface area contributed by atoms with Gasteiger partial charge in [-0.3, -0.25) is 0 Å². The van der Waals surface area contributed by atoms with Gasteiger partial charge in [0.15, 0.2) is 0 Å². The molecule has 2 heterocycles. The molecule has 1 fully saturated rings. The van der Waals surface area contributed by atoms with Gasteiger partial charge in [-0.25, -0.2) is 15.0 Å². The minimum atomic E-state index is 0.312. The van der Waals surface area contributed by atoms with Gasteiger partial charge in [0.05, 0.1) is 12.8 Å². The first kappa shape index (κ1) is 15.0. The Balaban J connectivity index is 1.66. The predicted octanol–water partition coefficient (Wildman–Crippen LogP) is 2.15. The first-order valence-electron chi connectivity index (χ1n) is 7.44. The van der Waals surface area contributed by atoms with Gasteiger partial charge in [-0.1, -0.05) is 0 Å².